The number of nitrogens with one attached hydrogen (secondary N) is 1. The van der Waals surface area contributed by atoms with Crippen LogP contribution in [0.5, 0.6) is 0 Å². The van der Waals surface area contributed by atoms with Crippen LogP contribution in [0.2, 0.25) is 0 Å². The molecule has 0 saturated carbocycles. The van der Waals surface area contributed by atoms with Crippen molar-refractivity contribution in [3.05, 3.63) is 62.8 Å². The van der Waals surface area contributed by atoms with Gasteiger partial charge in [-0.3, -0.25) is 4.79 Å². The number of carbonyl (C=O) groups is 1. The Morgan fingerprint density at radius 1 is 1.06 bits per heavy atom. The highest BCUT2D eigenvalue weighted by atomic mass is 79.9. The van der Waals surface area contributed by atoms with Crippen molar-refractivity contribution in [3.63, 3.8) is 0 Å². The van der Waals surface area contributed by atoms with Gasteiger partial charge in [0.25, 0.3) is 5.91 Å². The number of amides is 1. The maximum atomic E-state index is 13.3. The summed E-state index contributed by atoms with van der Waals surface area (Å²) >= 11 is 6.35. The highest BCUT2D eigenvalue weighted by molar-refractivity contribution is 9.10. The third kappa shape index (κ3) is 3.17. The summed E-state index contributed by atoms with van der Waals surface area (Å²) in [5, 5.41) is 2.63. The summed E-state index contributed by atoms with van der Waals surface area (Å²) in [6.45, 7) is 0. The first kappa shape index (κ1) is 13.2. The van der Waals surface area contributed by atoms with Gasteiger partial charge in [-0.2, -0.15) is 0 Å². The number of hydrogen-bond donors (Lipinski definition) is 1. The molecule has 0 saturated heterocycles. The molecule has 2 aromatic rings. The first-order chi connectivity index (χ1) is 8.56. The maximum absolute atomic E-state index is 13.3. The highest BCUT2D eigenvalue weighted by Gasteiger charge is 2.07. The van der Waals surface area contributed by atoms with Gasteiger partial charge in [-0.15, -0.1) is 0 Å². The minimum absolute atomic E-state index is 0.274. The molecule has 92 valence electrons. The number of anilines is 1. The van der Waals surface area contributed by atoms with Crippen molar-refractivity contribution < 1.29 is 9.18 Å². The molecule has 0 bridgehead atoms. The first-order valence-electron chi connectivity index (χ1n) is 5.08. The average molecular weight is 373 g/mol. The Morgan fingerprint density at radius 3 is 2.33 bits per heavy atom. The summed E-state index contributed by atoms with van der Waals surface area (Å²) in [5.41, 5.74) is 0.935. The van der Waals surface area contributed by atoms with E-state index in [0.29, 0.717) is 15.7 Å². The van der Waals surface area contributed by atoms with E-state index in [1.165, 1.54) is 6.07 Å². The van der Waals surface area contributed by atoms with E-state index < -0.39 is 5.82 Å². The molecule has 0 radical (unpaired) electrons. The van der Waals surface area contributed by atoms with Gasteiger partial charge in [-0.1, -0.05) is 15.9 Å². The monoisotopic (exact) mass is 371 g/mol. The van der Waals surface area contributed by atoms with Crippen LogP contribution in [0.3, 0.4) is 0 Å². The lowest BCUT2D eigenvalue weighted by atomic mass is 10.2. The van der Waals surface area contributed by atoms with Gasteiger partial charge in [-0.05, 0) is 58.4 Å². The molecule has 0 heterocycles. The van der Waals surface area contributed by atoms with E-state index in [9.17, 15) is 9.18 Å². The molecule has 0 spiro atoms. The summed E-state index contributed by atoms with van der Waals surface area (Å²) in [6, 6.07) is 11.4. The second-order valence-electron chi connectivity index (χ2n) is 3.59. The van der Waals surface area contributed by atoms with E-state index in [4.69, 9.17) is 0 Å². The number of benzene rings is 2. The van der Waals surface area contributed by atoms with Crippen molar-refractivity contribution >= 4 is 43.5 Å². The van der Waals surface area contributed by atoms with E-state index in [2.05, 4.69) is 37.2 Å². The average Bonchev–Trinajstić information content (AvgIpc) is 2.34. The predicted octanol–water partition coefficient (Wildman–Crippen LogP) is 4.60. The number of carbonyl (C=O) groups excluding carboxylic acids is 1. The van der Waals surface area contributed by atoms with Crippen molar-refractivity contribution in [3.8, 4) is 0 Å². The predicted molar refractivity (Wildman–Crippen MR) is 76.2 cm³/mol. The lowest BCUT2D eigenvalue weighted by Crippen LogP contribution is -2.11. The van der Waals surface area contributed by atoms with Crippen LogP contribution in [0.15, 0.2) is 51.4 Å². The Labute approximate surface area is 120 Å². The molecular weight excluding hydrogens is 365 g/mol. The third-order valence-corrected chi connectivity index (χ3v) is 3.46. The van der Waals surface area contributed by atoms with Crippen molar-refractivity contribution in [1.29, 1.82) is 0 Å². The molecule has 2 rings (SSSR count). The van der Waals surface area contributed by atoms with Crippen LogP contribution in [0.1, 0.15) is 10.4 Å². The zero-order valence-corrected chi connectivity index (χ0v) is 12.3. The quantitative estimate of drug-likeness (QED) is 0.819. The first-order valence-corrected chi connectivity index (χ1v) is 6.67. The molecule has 0 aliphatic carbocycles. The van der Waals surface area contributed by atoms with E-state index in [1.807, 2.05) is 0 Å². The van der Waals surface area contributed by atoms with Crippen LogP contribution >= 0.6 is 31.9 Å². The second-order valence-corrected chi connectivity index (χ2v) is 5.36. The van der Waals surface area contributed by atoms with Gasteiger partial charge in [0.05, 0.1) is 4.47 Å². The van der Waals surface area contributed by atoms with Gasteiger partial charge in [0.1, 0.15) is 5.82 Å². The molecule has 0 unspecified atom stereocenters. The van der Waals surface area contributed by atoms with Crippen molar-refractivity contribution in [2.45, 2.75) is 0 Å². The van der Waals surface area contributed by atoms with E-state index >= 15 is 0 Å². The largest absolute Gasteiger partial charge is 0.322 e. The fourth-order valence-corrected chi connectivity index (χ4v) is 1.89. The van der Waals surface area contributed by atoms with Crippen LogP contribution in [0.4, 0.5) is 10.1 Å². The minimum atomic E-state index is -0.413. The van der Waals surface area contributed by atoms with Crippen LogP contribution < -0.4 is 5.32 Å². The van der Waals surface area contributed by atoms with Gasteiger partial charge >= 0.3 is 0 Å². The smallest absolute Gasteiger partial charge is 0.255 e. The summed E-state index contributed by atoms with van der Waals surface area (Å²) in [6.07, 6.45) is 0. The van der Waals surface area contributed by atoms with Crippen molar-refractivity contribution in [2.24, 2.45) is 0 Å². The van der Waals surface area contributed by atoms with E-state index in [1.54, 1.807) is 36.4 Å². The highest BCUT2D eigenvalue weighted by Crippen LogP contribution is 2.20. The fraction of sp³-hybridized carbons (Fsp3) is 0. The molecule has 2 aromatic carbocycles. The lowest BCUT2D eigenvalue weighted by Gasteiger charge is -2.06. The molecule has 1 N–H and O–H groups in total. The molecule has 0 atom stereocenters. The number of halogens is 3. The summed E-state index contributed by atoms with van der Waals surface area (Å²) < 4.78 is 14.5. The van der Waals surface area contributed by atoms with Crippen molar-refractivity contribution in [1.82, 2.24) is 0 Å². The fourth-order valence-electron chi connectivity index (χ4n) is 1.38. The van der Waals surface area contributed by atoms with Crippen LogP contribution in [0, 0.1) is 5.82 Å². The van der Waals surface area contributed by atoms with Gasteiger partial charge in [0, 0.05) is 15.7 Å². The number of rotatable bonds is 2. The normalized spacial score (nSPS) is 10.2. The Bertz CT molecular complexity index is 584. The maximum Gasteiger partial charge on any atom is 0.255 e. The Morgan fingerprint density at radius 2 is 1.72 bits per heavy atom. The van der Waals surface area contributed by atoms with Gasteiger partial charge in [0.15, 0.2) is 0 Å². The van der Waals surface area contributed by atoms with Crippen LogP contribution in [0.25, 0.3) is 0 Å². The third-order valence-electron chi connectivity index (χ3n) is 2.28. The molecule has 0 aliphatic rings. The van der Waals surface area contributed by atoms with Crippen LogP contribution in [-0.2, 0) is 0 Å². The molecule has 5 heteroatoms. The summed E-state index contributed by atoms with van der Waals surface area (Å²) in [7, 11) is 0. The van der Waals surface area contributed by atoms with Gasteiger partial charge in [-0.25, -0.2) is 4.39 Å². The Balaban J connectivity index is 2.16. The molecule has 0 aromatic heterocycles. The molecule has 2 nitrogen and oxygen atoms in total. The Hall–Kier alpha value is -1.20. The molecule has 0 fully saturated rings. The summed E-state index contributed by atoms with van der Waals surface area (Å²) in [4.78, 5) is 11.9. The van der Waals surface area contributed by atoms with E-state index in [0.717, 1.165) is 4.47 Å². The second kappa shape index (κ2) is 5.63. The molecule has 1 amide bonds. The van der Waals surface area contributed by atoms with Crippen LogP contribution in [-0.4, -0.2) is 5.91 Å². The van der Waals surface area contributed by atoms with Crippen molar-refractivity contribution in [2.75, 3.05) is 5.32 Å². The van der Waals surface area contributed by atoms with E-state index in [-0.39, 0.29) is 5.91 Å². The number of hydrogen-bond acceptors (Lipinski definition) is 1. The lowest BCUT2D eigenvalue weighted by molar-refractivity contribution is 0.102. The Kier molecular flexibility index (Phi) is 4.14. The standard InChI is InChI=1S/C13H8Br2FNO/c14-9-3-1-8(2-4-9)13(18)17-10-5-6-11(15)12(16)7-10/h1-7H,(H,17,18). The minimum Gasteiger partial charge on any atom is -0.322 e. The topological polar surface area (TPSA) is 29.1 Å². The zero-order valence-electron chi connectivity index (χ0n) is 9.08. The zero-order chi connectivity index (χ0) is 13.1. The molecule has 0 aliphatic heterocycles. The molecule has 18 heavy (non-hydrogen) atoms. The summed E-state index contributed by atoms with van der Waals surface area (Å²) in [5.74, 6) is -0.687. The SMILES string of the molecule is O=C(Nc1ccc(Br)c(F)c1)c1ccc(Br)cc1. The van der Waals surface area contributed by atoms with Gasteiger partial charge in [0.2, 0.25) is 0 Å². The van der Waals surface area contributed by atoms with Gasteiger partial charge < -0.3 is 5.32 Å². The molecular formula is C13H8Br2FNO.